The van der Waals surface area contributed by atoms with Crippen LogP contribution < -0.4 is 10.1 Å². The standard InChI is InChI=1S/C12H15F2NO4/c1-12(17,10(16)18-2)7-15-8-3-5-9(6-4-8)19-11(13)14/h3-6,11,15,17H,7H2,1-2H3. The molecule has 0 aliphatic carbocycles. The van der Waals surface area contributed by atoms with E-state index in [2.05, 4.69) is 14.8 Å². The molecule has 1 rings (SSSR count). The largest absolute Gasteiger partial charge is 0.467 e. The van der Waals surface area contributed by atoms with Crippen molar-refractivity contribution in [3.05, 3.63) is 24.3 Å². The molecule has 1 atom stereocenters. The fourth-order valence-electron chi connectivity index (χ4n) is 1.32. The minimum absolute atomic E-state index is 0.0280. The van der Waals surface area contributed by atoms with Crippen LogP contribution in [0.15, 0.2) is 24.3 Å². The van der Waals surface area contributed by atoms with Crippen molar-refractivity contribution in [2.24, 2.45) is 0 Å². The molecule has 0 aliphatic rings. The second-order valence-electron chi connectivity index (χ2n) is 4.02. The van der Waals surface area contributed by atoms with Gasteiger partial charge in [-0.3, -0.25) is 0 Å². The van der Waals surface area contributed by atoms with Crippen LogP contribution in [0.3, 0.4) is 0 Å². The van der Waals surface area contributed by atoms with Crippen molar-refractivity contribution in [3.63, 3.8) is 0 Å². The van der Waals surface area contributed by atoms with E-state index in [1.165, 1.54) is 38.3 Å². The third-order valence-electron chi connectivity index (χ3n) is 2.34. The molecule has 0 fully saturated rings. The third kappa shape index (κ3) is 4.70. The number of methoxy groups -OCH3 is 1. The van der Waals surface area contributed by atoms with Gasteiger partial charge in [-0.25, -0.2) is 4.79 Å². The maximum Gasteiger partial charge on any atom is 0.387 e. The summed E-state index contributed by atoms with van der Waals surface area (Å²) in [5, 5.41) is 12.5. The van der Waals surface area contributed by atoms with Crippen LogP contribution in [0.25, 0.3) is 0 Å². The molecule has 5 nitrogen and oxygen atoms in total. The Kier molecular flexibility index (Phi) is 5.05. The van der Waals surface area contributed by atoms with E-state index in [1.807, 2.05) is 0 Å². The Balaban J connectivity index is 2.57. The lowest BCUT2D eigenvalue weighted by Crippen LogP contribution is -2.42. The molecule has 1 unspecified atom stereocenters. The Morgan fingerprint density at radius 2 is 2.00 bits per heavy atom. The molecule has 1 aromatic carbocycles. The Morgan fingerprint density at radius 1 is 1.42 bits per heavy atom. The Hall–Kier alpha value is -1.89. The van der Waals surface area contributed by atoms with Crippen LogP contribution >= 0.6 is 0 Å². The Bertz CT molecular complexity index is 420. The Labute approximate surface area is 109 Å². The van der Waals surface area contributed by atoms with E-state index in [9.17, 15) is 18.7 Å². The number of carbonyl (C=O) groups is 1. The topological polar surface area (TPSA) is 67.8 Å². The molecule has 0 radical (unpaired) electrons. The highest BCUT2D eigenvalue weighted by atomic mass is 19.3. The van der Waals surface area contributed by atoms with E-state index in [0.717, 1.165) is 0 Å². The van der Waals surface area contributed by atoms with Gasteiger partial charge >= 0.3 is 12.6 Å². The summed E-state index contributed by atoms with van der Waals surface area (Å²) in [6.45, 7) is -1.65. The second kappa shape index (κ2) is 6.33. The van der Waals surface area contributed by atoms with Gasteiger partial charge in [0.1, 0.15) is 5.75 Å². The van der Waals surface area contributed by atoms with Crippen molar-refractivity contribution < 1.29 is 28.2 Å². The van der Waals surface area contributed by atoms with E-state index in [1.54, 1.807) is 0 Å². The number of alkyl halides is 2. The van der Waals surface area contributed by atoms with Gasteiger partial charge in [-0.1, -0.05) is 0 Å². The first kappa shape index (κ1) is 15.2. The zero-order chi connectivity index (χ0) is 14.5. The van der Waals surface area contributed by atoms with Crippen LogP contribution in [-0.4, -0.2) is 36.9 Å². The van der Waals surface area contributed by atoms with Gasteiger partial charge in [-0.15, -0.1) is 0 Å². The number of carbonyl (C=O) groups excluding carboxylic acids is 1. The third-order valence-corrected chi connectivity index (χ3v) is 2.34. The number of benzene rings is 1. The van der Waals surface area contributed by atoms with E-state index in [0.29, 0.717) is 5.69 Å². The van der Waals surface area contributed by atoms with Crippen molar-refractivity contribution in [1.82, 2.24) is 0 Å². The highest BCUT2D eigenvalue weighted by Crippen LogP contribution is 2.18. The van der Waals surface area contributed by atoms with E-state index in [4.69, 9.17) is 0 Å². The molecule has 0 aromatic heterocycles. The van der Waals surface area contributed by atoms with E-state index in [-0.39, 0.29) is 12.3 Å². The van der Waals surface area contributed by atoms with Gasteiger partial charge in [0.15, 0.2) is 5.60 Å². The maximum atomic E-state index is 11.9. The lowest BCUT2D eigenvalue weighted by atomic mass is 10.1. The molecule has 2 N–H and O–H groups in total. The first-order valence-corrected chi connectivity index (χ1v) is 5.44. The maximum absolute atomic E-state index is 11.9. The number of anilines is 1. The quantitative estimate of drug-likeness (QED) is 0.772. The first-order valence-electron chi connectivity index (χ1n) is 5.44. The van der Waals surface area contributed by atoms with Crippen molar-refractivity contribution in [2.75, 3.05) is 19.0 Å². The number of nitrogens with one attached hydrogen (secondary N) is 1. The van der Waals surface area contributed by atoms with Gasteiger partial charge in [0.2, 0.25) is 0 Å². The average Bonchev–Trinajstić information content (AvgIpc) is 2.36. The van der Waals surface area contributed by atoms with E-state index < -0.39 is 18.2 Å². The molecule has 1 aromatic rings. The summed E-state index contributed by atoms with van der Waals surface area (Å²) in [7, 11) is 1.17. The van der Waals surface area contributed by atoms with Gasteiger partial charge in [0, 0.05) is 5.69 Å². The molecule has 19 heavy (non-hydrogen) atoms. The first-order chi connectivity index (χ1) is 8.85. The molecule has 0 heterocycles. The van der Waals surface area contributed by atoms with Crippen LogP contribution in [0.1, 0.15) is 6.92 Å². The summed E-state index contributed by atoms with van der Waals surface area (Å²) in [4.78, 5) is 11.2. The molecule has 0 spiro atoms. The smallest absolute Gasteiger partial charge is 0.387 e. The van der Waals surface area contributed by atoms with Gasteiger partial charge in [-0.05, 0) is 31.2 Å². The number of hydrogen-bond acceptors (Lipinski definition) is 5. The average molecular weight is 275 g/mol. The number of rotatable bonds is 6. The molecule has 0 aliphatic heterocycles. The highest BCUT2D eigenvalue weighted by Gasteiger charge is 2.31. The summed E-state index contributed by atoms with van der Waals surface area (Å²) in [6.07, 6.45) is 0. The summed E-state index contributed by atoms with van der Waals surface area (Å²) >= 11 is 0. The zero-order valence-corrected chi connectivity index (χ0v) is 10.5. The lowest BCUT2D eigenvalue weighted by molar-refractivity contribution is -0.158. The Morgan fingerprint density at radius 3 is 2.47 bits per heavy atom. The molecule has 0 amide bonds. The van der Waals surface area contributed by atoms with Crippen molar-refractivity contribution in [3.8, 4) is 5.75 Å². The number of ether oxygens (including phenoxy) is 2. The summed E-state index contributed by atoms with van der Waals surface area (Å²) in [6, 6.07) is 5.68. The summed E-state index contributed by atoms with van der Waals surface area (Å²) in [5.74, 6) is -0.738. The molecular formula is C12H15F2NO4. The van der Waals surface area contributed by atoms with Gasteiger partial charge in [0.05, 0.1) is 13.7 Å². The van der Waals surface area contributed by atoms with Gasteiger partial charge in [0.25, 0.3) is 0 Å². The van der Waals surface area contributed by atoms with Crippen LogP contribution in [0.4, 0.5) is 14.5 Å². The molecule has 7 heteroatoms. The number of halogens is 2. The van der Waals surface area contributed by atoms with Crippen LogP contribution in [0.2, 0.25) is 0 Å². The normalized spacial score (nSPS) is 13.8. The van der Waals surface area contributed by atoms with Crippen molar-refractivity contribution in [1.29, 1.82) is 0 Å². The van der Waals surface area contributed by atoms with Crippen LogP contribution in [0, 0.1) is 0 Å². The molecule has 0 saturated heterocycles. The number of hydrogen-bond donors (Lipinski definition) is 2. The minimum atomic E-state index is -2.88. The van der Waals surface area contributed by atoms with Gasteiger partial charge in [-0.2, -0.15) is 8.78 Å². The van der Waals surface area contributed by atoms with Crippen LogP contribution in [-0.2, 0) is 9.53 Å². The number of aliphatic hydroxyl groups is 1. The van der Waals surface area contributed by atoms with Gasteiger partial charge < -0.3 is 19.9 Å². The summed E-state index contributed by atoms with van der Waals surface area (Å²) in [5.41, 5.74) is -1.13. The molecule has 0 bridgehead atoms. The fraction of sp³-hybridized carbons (Fsp3) is 0.417. The molecule has 0 saturated carbocycles. The SMILES string of the molecule is COC(=O)C(C)(O)CNc1ccc(OC(F)F)cc1. The molecular weight excluding hydrogens is 260 g/mol. The summed E-state index contributed by atoms with van der Waals surface area (Å²) < 4.78 is 32.5. The molecule has 106 valence electrons. The minimum Gasteiger partial charge on any atom is -0.467 e. The highest BCUT2D eigenvalue weighted by molar-refractivity contribution is 5.79. The second-order valence-corrected chi connectivity index (χ2v) is 4.02. The fourth-order valence-corrected chi connectivity index (χ4v) is 1.32. The predicted molar refractivity (Wildman–Crippen MR) is 64.2 cm³/mol. The van der Waals surface area contributed by atoms with Crippen LogP contribution in [0.5, 0.6) is 5.75 Å². The van der Waals surface area contributed by atoms with Crippen molar-refractivity contribution in [2.45, 2.75) is 19.1 Å². The lowest BCUT2D eigenvalue weighted by Gasteiger charge is -2.21. The monoisotopic (exact) mass is 275 g/mol. The van der Waals surface area contributed by atoms with E-state index >= 15 is 0 Å². The predicted octanol–water partition coefficient (Wildman–Crippen LogP) is 1.62. The number of esters is 1. The zero-order valence-electron chi connectivity index (χ0n) is 10.5. The van der Waals surface area contributed by atoms with Crippen molar-refractivity contribution >= 4 is 11.7 Å².